The summed E-state index contributed by atoms with van der Waals surface area (Å²) in [6.07, 6.45) is 0.670. The van der Waals surface area contributed by atoms with Crippen LogP contribution in [0.2, 0.25) is 5.02 Å². The zero-order valence-corrected chi connectivity index (χ0v) is 12.2. The van der Waals surface area contributed by atoms with Crippen molar-refractivity contribution >= 4 is 11.6 Å². The summed E-state index contributed by atoms with van der Waals surface area (Å²) in [6, 6.07) is 12.3. The Hall–Kier alpha value is -1.58. The molecule has 0 bridgehead atoms. The van der Waals surface area contributed by atoms with Crippen LogP contribution in [0.3, 0.4) is 0 Å². The molecule has 1 N–H and O–H groups in total. The van der Waals surface area contributed by atoms with E-state index in [9.17, 15) is 9.50 Å². The second-order valence-electron chi connectivity index (χ2n) is 5.30. The quantitative estimate of drug-likeness (QED) is 0.930. The van der Waals surface area contributed by atoms with Gasteiger partial charge >= 0.3 is 0 Å². The summed E-state index contributed by atoms with van der Waals surface area (Å²) in [6.45, 7) is 0.600. The molecule has 2 aromatic carbocycles. The maximum absolute atomic E-state index is 13.2. The minimum atomic E-state index is -0.545. The van der Waals surface area contributed by atoms with Gasteiger partial charge in [-0.15, -0.1) is 0 Å². The number of benzene rings is 2. The fourth-order valence-electron chi connectivity index (χ4n) is 2.82. The highest BCUT2D eigenvalue weighted by Crippen LogP contribution is 2.36. The average Bonchev–Trinajstić information content (AvgIpc) is 2.50. The van der Waals surface area contributed by atoms with Crippen molar-refractivity contribution in [3.05, 3.63) is 64.4 Å². The van der Waals surface area contributed by atoms with Crippen molar-refractivity contribution in [1.29, 1.82) is 0 Å². The fraction of sp³-hybridized carbons (Fsp3) is 0.294. The standard InChI is InChI=1S/C17H16ClFO2/c18-14-9-11(5-6-15(14)19)10-16(20)12-7-8-21-17-4-2-1-3-13(12)17/h1-6,9,12,16,20H,7-8,10H2. The van der Waals surface area contributed by atoms with E-state index in [1.165, 1.54) is 6.07 Å². The smallest absolute Gasteiger partial charge is 0.141 e. The number of rotatable bonds is 3. The van der Waals surface area contributed by atoms with Crippen LogP contribution >= 0.6 is 11.6 Å². The van der Waals surface area contributed by atoms with Gasteiger partial charge < -0.3 is 9.84 Å². The van der Waals surface area contributed by atoms with Crippen LogP contribution in [-0.2, 0) is 6.42 Å². The van der Waals surface area contributed by atoms with Crippen LogP contribution in [0.15, 0.2) is 42.5 Å². The van der Waals surface area contributed by atoms with E-state index in [2.05, 4.69) is 0 Å². The van der Waals surface area contributed by atoms with Gasteiger partial charge in [-0.3, -0.25) is 0 Å². The molecular formula is C17H16ClFO2. The Morgan fingerprint density at radius 3 is 2.90 bits per heavy atom. The molecule has 0 aromatic heterocycles. The Morgan fingerprint density at radius 2 is 2.10 bits per heavy atom. The van der Waals surface area contributed by atoms with Crippen LogP contribution in [0.5, 0.6) is 5.75 Å². The van der Waals surface area contributed by atoms with E-state index in [-0.39, 0.29) is 10.9 Å². The molecule has 21 heavy (non-hydrogen) atoms. The minimum Gasteiger partial charge on any atom is -0.493 e. The molecule has 0 amide bonds. The van der Waals surface area contributed by atoms with Crippen molar-refractivity contribution < 1.29 is 14.2 Å². The summed E-state index contributed by atoms with van der Waals surface area (Å²) in [4.78, 5) is 0. The van der Waals surface area contributed by atoms with Crippen molar-refractivity contribution in [3.63, 3.8) is 0 Å². The number of para-hydroxylation sites is 1. The molecule has 2 unspecified atom stereocenters. The molecule has 0 radical (unpaired) electrons. The molecule has 0 fully saturated rings. The van der Waals surface area contributed by atoms with Gasteiger partial charge in [0.15, 0.2) is 0 Å². The molecule has 2 aromatic rings. The predicted molar refractivity (Wildman–Crippen MR) is 80.4 cm³/mol. The monoisotopic (exact) mass is 306 g/mol. The zero-order valence-electron chi connectivity index (χ0n) is 11.4. The van der Waals surface area contributed by atoms with Crippen molar-refractivity contribution in [3.8, 4) is 5.75 Å². The third-order valence-electron chi connectivity index (χ3n) is 3.90. The lowest BCUT2D eigenvalue weighted by atomic mass is 9.85. The van der Waals surface area contributed by atoms with Gasteiger partial charge in [-0.2, -0.15) is 0 Å². The number of aliphatic hydroxyl groups excluding tert-OH is 1. The Morgan fingerprint density at radius 1 is 1.29 bits per heavy atom. The summed E-state index contributed by atoms with van der Waals surface area (Å²) in [5, 5.41) is 10.6. The summed E-state index contributed by atoms with van der Waals surface area (Å²) in [7, 11) is 0. The molecule has 4 heteroatoms. The molecule has 0 spiro atoms. The molecule has 1 aliphatic heterocycles. The van der Waals surface area contributed by atoms with Crippen molar-refractivity contribution in [2.75, 3.05) is 6.61 Å². The summed E-state index contributed by atoms with van der Waals surface area (Å²) in [5.74, 6) is 0.426. The number of hydrogen-bond acceptors (Lipinski definition) is 2. The first-order chi connectivity index (χ1) is 10.1. The molecule has 0 saturated heterocycles. The topological polar surface area (TPSA) is 29.5 Å². The van der Waals surface area contributed by atoms with E-state index in [1.54, 1.807) is 12.1 Å². The molecule has 0 saturated carbocycles. The van der Waals surface area contributed by atoms with Crippen LogP contribution in [0, 0.1) is 5.82 Å². The summed E-state index contributed by atoms with van der Waals surface area (Å²) in [5.41, 5.74) is 1.86. The van der Waals surface area contributed by atoms with Crippen LogP contribution in [0.4, 0.5) is 4.39 Å². The fourth-order valence-corrected chi connectivity index (χ4v) is 3.02. The van der Waals surface area contributed by atoms with E-state index >= 15 is 0 Å². The van der Waals surface area contributed by atoms with Gasteiger partial charge in [0.05, 0.1) is 17.7 Å². The Kier molecular flexibility index (Phi) is 4.13. The maximum Gasteiger partial charge on any atom is 0.141 e. The lowest BCUT2D eigenvalue weighted by Gasteiger charge is -2.29. The molecular weight excluding hydrogens is 291 g/mol. The van der Waals surface area contributed by atoms with Gasteiger partial charge in [-0.1, -0.05) is 35.9 Å². The largest absolute Gasteiger partial charge is 0.493 e. The molecule has 3 rings (SSSR count). The van der Waals surface area contributed by atoms with E-state index in [0.717, 1.165) is 23.3 Å². The van der Waals surface area contributed by atoms with Crippen molar-refractivity contribution in [2.45, 2.75) is 24.9 Å². The number of fused-ring (bicyclic) bond motifs is 1. The second-order valence-corrected chi connectivity index (χ2v) is 5.71. The van der Waals surface area contributed by atoms with Gasteiger partial charge in [0.25, 0.3) is 0 Å². The number of aliphatic hydroxyl groups is 1. The molecule has 2 atom stereocenters. The highest BCUT2D eigenvalue weighted by Gasteiger charge is 2.27. The van der Waals surface area contributed by atoms with Gasteiger partial charge in [-0.05, 0) is 42.2 Å². The predicted octanol–water partition coefficient (Wildman–Crippen LogP) is 3.95. The van der Waals surface area contributed by atoms with Crippen LogP contribution in [-0.4, -0.2) is 17.8 Å². The lowest BCUT2D eigenvalue weighted by Crippen LogP contribution is -2.26. The molecule has 110 valence electrons. The van der Waals surface area contributed by atoms with E-state index in [1.807, 2.05) is 24.3 Å². The highest BCUT2D eigenvalue weighted by molar-refractivity contribution is 6.30. The highest BCUT2D eigenvalue weighted by atomic mass is 35.5. The lowest BCUT2D eigenvalue weighted by molar-refractivity contribution is 0.116. The van der Waals surface area contributed by atoms with Crippen LogP contribution in [0.1, 0.15) is 23.5 Å². The van der Waals surface area contributed by atoms with Gasteiger partial charge in [0.2, 0.25) is 0 Å². The van der Waals surface area contributed by atoms with Gasteiger partial charge in [0, 0.05) is 5.92 Å². The van der Waals surface area contributed by atoms with Gasteiger partial charge in [0.1, 0.15) is 11.6 Å². The van der Waals surface area contributed by atoms with E-state index in [4.69, 9.17) is 16.3 Å². The average molecular weight is 307 g/mol. The number of ether oxygens (including phenoxy) is 1. The van der Waals surface area contributed by atoms with E-state index in [0.29, 0.717) is 13.0 Å². The Bertz CT molecular complexity index is 644. The van der Waals surface area contributed by atoms with Gasteiger partial charge in [-0.25, -0.2) is 4.39 Å². The van der Waals surface area contributed by atoms with Crippen molar-refractivity contribution in [1.82, 2.24) is 0 Å². The Balaban J connectivity index is 1.80. The normalized spacial score (nSPS) is 18.7. The summed E-state index contributed by atoms with van der Waals surface area (Å²) < 4.78 is 18.8. The molecule has 1 heterocycles. The first kappa shape index (κ1) is 14.4. The van der Waals surface area contributed by atoms with E-state index < -0.39 is 11.9 Å². The third-order valence-corrected chi connectivity index (χ3v) is 4.19. The van der Waals surface area contributed by atoms with Crippen LogP contribution < -0.4 is 4.74 Å². The number of hydrogen-bond donors (Lipinski definition) is 1. The first-order valence-corrected chi connectivity index (χ1v) is 7.36. The minimum absolute atomic E-state index is 0.0266. The molecule has 2 nitrogen and oxygen atoms in total. The summed E-state index contributed by atoms with van der Waals surface area (Å²) >= 11 is 5.79. The van der Waals surface area contributed by atoms with Crippen LogP contribution in [0.25, 0.3) is 0 Å². The maximum atomic E-state index is 13.2. The second kappa shape index (κ2) is 6.04. The third kappa shape index (κ3) is 3.04. The zero-order chi connectivity index (χ0) is 14.8. The SMILES string of the molecule is OC(Cc1ccc(F)c(Cl)c1)C1CCOc2ccccc21. The molecule has 0 aliphatic carbocycles. The molecule has 1 aliphatic rings. The van der Waals surface area contributed by atoms with Crippen molar-refractivity contribution in [2.24, 2.45) is 0 Å². The first-order valence-electron chi connectivity index (χ1n) is 6.99. The Labute approximate surface area is 128 Å². The number of halogens is 2.